The summed E-state index contributed by atoms with van der Waals surface area (Å²) in [6, 6.07) is 2.10. The molecule has 0 aromatic rings. The van der Waals surface area contributed by atoms with Crippen molar-refractivity contribution in [3.63, 3.8) is 0 Å². The number of hydrogen-bond acceptors (Lipinski definition) is 3. The van der Waals surface area contributed by atoms with Crippen LogP contribution < -0.4 is 0 Å². The van der Waals surface area contributed by atoms with E-state index in [4.69, 9.17) is 10.00 Å². The van der Waals surface area contributed by atoms with Crippen molar-refractivity contribution in [2.45, 2.75) is 45.4 Å². The van der Waals surface area contributed by atoms with Crippen molar-refractivity contribution in [2.75, 3.05) is 6.61 Å². The second-order valence-corrected chi connectivity index (χ2v) is 2.88. The summed E-state index contributed by atoms with van der Waals surface area (Å²) >= 11 is 0. The average Bonchev–Trinajstić information content (AvgIpc) is 2.11. The Labute approximate surface area is 79.7 Å². The number of unbranched alkanes of at least 4 members (excludes halogenated alkanes) is 4. The lowest BCUT2D eigenvalue weighted by molar-refractivity contribution is -0.143. The fourth-order valence-electron chi connectivity index (χ4n) is 1.06. The van der Waals surface area contributed by atoms with Gasteiger partial charge in [0.05, 0.1) is 12.7 Å². The Morgan fingerprint density at radius 3 is 2.62 bits per heavy atom. The number of ether oxygens (including phenoxy) is 1. The van der Waals surface area contributed by atoms with Crippen molar-refractivity contribution < 1.29 is 9.53 Å². The van der Waals surface area contributed by atoms with Crippen LogP contribution in [0.4, 0.5) is 0 Å². The van der Waals surface area contributed by atoms with Gasteiger partial charge in [-0.25, -0.2) is 0 Å². The van der Waals surface area contributed by atoms with Gasteiger partial charge in [-0.1, -0.05) is 12.8 Å². The van der Waals surface area contributed by atoms with E-state index >= 15 is 0 Å². The first-order valence-electron chi connectivity index (χ1n) is 4.83. The largest absolute Gasteiger partial charge is 0.466 e. The quantitative estimate of drug-likeness (QED) is 0.450. The molecular formula is C10H17NO2. The Hall–Kier alpha value is -1.04. The molecule has 0 saturated heterocycles. The standard InChI is InChI=1S/C10H17NO2/c1-2-13-10(12)8-6-4-3-5-7-9-11/h2-8H2,1H3. The van der Waals surface area contributed by atoms with Crippen LogP contribution in [0.2, 0.25) is 0 Å². The lowest BCUT2D eigenvalue weighted by atomic mass is 10.1. The molecule has 74 valence electrons. The van der Waals surface area contributed by atoms with Crippen molar-refractivity contribution in [1.82, 2.24) is 0 Å². The number of nitriles is 1. The summed E-state index contributed by atoms with van der Waals surface area (Å²) in [5, 5.41) is 8.26. The zero-order valence-corrected chi connectivity index (χ0v) is 8.21. The minimum atomic E-state index is -0.109. The van der Waals surface area contributed by atoms with Gasteiger partial charge < -0.3 is 4.74 Å². The van der Waals surface area contributed by atoms with Crippen molar-refractivity contribution in [1.29, 1.82) is 5.26 Å². The second kappa shape index (κ2) is 9.05. The molecule has 0 rings (SSSR count). The number of carbonyl (C=O) groups is 1. The van der Waals surface area contributed by atoms with E-state index in [0.717, 1.165) is 25.7 Å². The Balaban J connectivity index is 3.07. The summed E-state index contributed by atoms with van der Waals surface area (Å²) in [5.74, 6) is -0.109. The van der Waals surface area contributed by atoms with Crippen LogP contribution >= 0.6 is 0 Å². The van der Waals surface area contributed by atoms with Gasteiger partial charge in [0.15, 0.2) is 0 Å². The molecule has 0 unspecified atom stereocenters. The monoisotopic (exact) mass is 183 g/mol. The first kappa shape index (κ1) is 12.0. The van der Waals surface area contributed by atoms with Crippen LogP contribution in [0.3, 0.4) is 0 Å². The van der Waals surface area contributed by atoms with E-state index in [1.54, 1.807) is 0 Å². The molecule has 3 heteroatoms. The van der Waals surface area contributed by atoms with Crippen LogP contribution in [0, 0.1) is 11.3 Å². The van der Waals surface area contributed by atoms with Crippen molar-refractivity contribution in [2.24, 2.45) is 0 Å². The molecule has 0 radical (unpaired) electrons. The van der Waals surface area contributed by atoms with E-state index in [2.05, 4.69) is 6.07 Å². The molecule has 0 aliphatic rings. The third-order valence-electron chi connectivity index (χ3n) is 1.72. The molecule has 0 aromatic heterocycles. The molecule has 0 N–H and O–H groups in total. The third-order valence-corrected chi connectivity index (χ3v) is 1.72. The van der Waals surface area contributed by atoms with E-state index in [9.17, 15) is 4.79 Å². The topological polar surface area (TPSA) is 50.1 Å². The minimum absolute atomic E-state index is 0.109. The second-order valence-electron chi connectivity index (χ2n) is 2.88. The SMILES string of the molecule is CCOC(=O)CCCCCCC#N. The smallest absolute Gasteiger partial charge is 0.305 e. The van der Waals surface area contributed by atoms with Gasteiger partial charge in [-0.15, -0.1) is 0 Å². The van der Waals surface area contributed by atoms with E-state index < -0.39 is 0 Å². The zero-order valence-electron chi connectivity index (χ0n) is 8.21. The van der Waals surface area contributed by atoms with Crippen molar-refractivity contribution in [3.8, 4) is 6.07 Å². The molecule has 3 nitrogen and oxygen atoms in total. The number of hydrogen-bond donors (Lipinski definition) is 0. The summed E-state index contributed by atoms with van der Waals surface area (Å²) in [5.41, 5.74) is 0. The first-order valence-corrected chi connectivity index (χ1v) is 4.83. The Morgan fingerprint density at radius 1 is 1.31 bits per heavy atom. The highest BCUT2D eigenvalue weighted by Gasteiger charge is 1.99. The molecule has 0 atom stereocenters. The molecule has 0 spiro atoms. The Morgan fingerprint density at radius 2 is 2.00 bits per heavy atom. The molecule has 0 aromatic carbocycles. The molecule has 0 aliphatic carbocycles. The predicted octanol–water partition coefficient (Wildman–Crippen LogP) is 2.41. The fraction of sp³-hybridized carbons (Fsp3) is 0.800. The summed E-state index contributed by atoms with van der Waals surface area (Å²) < 4.78 is 4.78. The van der Waals surface area contributed by atoms with Gasteiger partial charge in [-0.3, -0.25) is 4.79 Å². The van der Waals surface area contributed by atoms with Gasteiger partial charge in [-0.2, -0.15) is 5.26 Å². The van der Waals surface area contributed by atoms with Crippen LogP contribution in [0.25, 0.3) is 0 Å². The molecule has 0 saturated carbocycles. The molecule has 0 heterocycles. The Bertz CT molecular complexity index is 172. The van der Waals surface area contributed by atoms with E-state index in [-0.39, 0.29) is 5.97 Å². The first-order chi connectivity index (χ1) is 6.31. The normalized spacial score (nSPS) is 9.23. The van der Waals surface area contributed by atoms with Gasteiger partial charge in [0.2, 0.25) is 0 Å². The summed E-state index contributed by atoms with van der Waals surface area (Å²) in [7, 11) is 0. The van der Waals surface area contributed by atoms with Crippen LogP contribution in [0.5, 0.6) is 0 Å². The highest BCUT2D eigenvalue weighted by Crippen LogP contribution is 2.05. The maximum absolute atomic E-state index is 10.9. The van der Waals surface area contributed by atoms with E-state index in [0.29, 0.717) is 19.4 Å². The molecule has 0 aliphatic heterocycles. The fourth-order valence-corrected chi connectivity index (χ4v) is 1.06. The van der Waals surface area contributed by atoms with Crippen LogP contribution in [-0.4, -0.2) is 12.6 Å². The number of esters is 1. The summed E-state index contributed by atoms with van der Waals surface area (Å²) in [6.45, 7) is 2.28. The summed E-state index contributed by atoms with van der Waals surface area (Å²) in [4.78, 5) is 10.9. The highest BCUT2D eigenvalue weighted by molar-refractivity contribution is 5.69. The van der Waals surface area contributed by atoms with Crippen LogP contribution in [0.1, 0.15) is 45.4 Å². The Kier molecular flexibility index (Phi) is 8.33. The van der Waals surface area contributed by atoms with Gasteiger partial charge in [0.25, 0.3) is 0 Å². The van der Waals surface area contributed by atoms with Crippen LogP contribution in [0.15, 0.2) is 0 Å². The van der Waals surface area contributed by atoms with Gasteiger partial charge in [0, 0.05) is 12.8 Å². The van der Waals surface area contributed by atoms with Crippen LogP contribution in [-0.2, 0) is 9.53 Å². The van der Waals surface area contributed by atoms with Gasteiger partial charge >= 0.3 is 5.97 Å². The molecule has 0 fully saturated rings. The van der Waals surface area contributed by atoms with Gasteiger partial charge in [-0.05, 0) is 19.8 Å². The number of rotatable bonds is 7. The van der Waals surface area contributed by atoms with E-state index in [1.807, 2.05) is 6.92 Å². The minimum Gasteiger partial charge on any atom is -0.466 e. The molecule has 13 heavy (non-hydrogen) atoms. The molecule has 0 bridgehead atoms. The number of nitrogens with zero attached hydrogens (tertiary/aromatic N) is 1. The molecule has 0 amide bonds. The average molecular weight is 183 g/mol. The zero-order chi connectivity index (χ0) is 9.94. The maximum Gasteiger partial charge on any atom is 0.305 e. The lowest BCUT2D eigenvalue weighted by Crippen LogP contribution is -2.02. The maximum atomic E-state index is 10.9. The number of carbonyl (C=O) groups excluding carboxylic acids is 1. The van der Waals surface area contributed by atoms with Gasteiger partial charge in [0.1, 0.15) is 0 Å². The lowest BCUT2D eigenvalue weighted by Gasteiger charge is -2.00. The summed E-state index contributed by atoms with van der Waals surface area (Å²) in [6.07, 6.45) is 5.01. The third kappa shape index (κ3) is 8.87. The molecular weight excluding hydrogens is 166 g/mol. The van der Waals surface area contributed by atoms with Crippen molar-refractivity contribution >= 4 is 5.97 Å². The van der Waals surface area contributed by atoms with Crippen molar-refractivity contribution in [3.05, 3.63) is 0 Å². The van der Waals surface area contributed by atoms with E-state index in [1.165, 1.54) is 0 Å². The predicted molar refractivity (Wildman–Crippen MR) is 49.9 cm³/mol. The highest BCUT2D eigenvalue weighted by atomic mass is 16.5.